The number of carboxylic acid groups (broad SMARTS) is 1. The van der Waals surface area contributed by atoms with Gasteiger partial charge in [-0.15, -0.1) is 11.8 Å². The number of carboxylic acids is 1. The van der Waals surface area contributed by atoms with Crippen LogP contribution in [0.25, 0.3) is 0 Å². The summed E-state index contributed by atoms with van der Waals surface area (Å²) in [5, 5.41) is 11.6. The van der Waals surface area contributed by atoms with Crippen LogP contribution in [0.3, 0.4) is 0 Å². The number of hydrogen-bond acceptors (Lipinski definition) is 4. The Kier molecular flexibility index (Phi) is 5.94. The molecule has 0 aliphatic carbocycles. The Morgan fingerprint density at radius 2 is 2.28 bits per heavy atom. The van der Waals surface area contributed by atoms with Gasteiger partial charge in [0.15, 0.2) is 0 Å². The summed E-state index contributed by atoms with van der Waals surface area (Å²) in [6.07, 6.45) is 2.25. The molecule has 1 saturated heterocycles. The van der Waals surface area contributed by atoms with Gasteiger partial charge < -0.3 is 15.3 Å². The molecule has 0 aromatic rings. The molecule has 18 heavy (non-hydrogen) atoms. The van der Waals surface area contributed by atoms with Crippen molar-refractivity contribution < 1.29 is 18.9 Å². The molecule has 0 aromatic carbocycles. The number of amides is 2. The van der Waals surface area contributed by atoms with E-state index in [9.17, 15) is 13.8 Å². The third kappa shape index (κ3) is 4.16. The van der Waals surface area contributed by atoms with E-state index >= 15 is 0 Å². The lowest BCUT2D eigenvalue weighted by molar-refractivity contribution is -0.140. The van der Waals surface area contributed by atoms with Gasteiger partial charge in [-0.25, -0.2) is 9.59 Å². The Morgan fingerprint density at radius 3 is 2.83 bits per heavy atom. The smallest absolute Gasteiger partial charge is 0.327 e. The summed E-state index contributed by atoms with van der Waals surface area (Å²) in [4.78, 5) is 24.0. The van der Waals surface area contributed by atoms with Gasteiger partial charge in [-0.3, -0.25) is 4.21 Å². The average molecular weight is 294 g/mol. The molecule has 0 bridgehead atoms. The molecule has 0 radical (unpaired) electrons. The molecule has 0 saturated carbocycles. The first-order valence-corrected chi connectivity index (χ1v) is 8.38. The number of urea groups is 1. The zero-order valence-electron chi connectivity index (χ0n) is 10.4. The maximum Gasteiger partial charge on any atom is 0.327 e. The fraction of sp³-hybridized carbons (Fsp3) is 0.800. The van der Waals surface area contributed by atoms with Crippen LogP contribution in [0.2, 0.25) is 0 Å². The van der Waals surface area contributed by atoms with E-state index in [1.807, 2.05) is 6.92 Å². The molecular formula is C10H18N2O4S2. The van der Waals surface area contributed by atoms with Crippen molar-refractivity contribution in [1.29, 1.82) is 0 Å². The van der Waals surface area contributed by atoms with Crippen LogP contribution in [0.5, 0.6) is 0 Å². The Hall–Kier alpha value is -0.760. The summed E-state index contributed by atoms with van der Waals surface area (Å²) in [6.45, 7) is 2.26. The monoisotopic (exact) mass is 294 g/mol. The number of nitrogens with one attached hydrogen (secondary N) is 1. The molecule has 1 heterocycles. The van der Waals surface area contributed by atoms with E-state index in [1.165, 1.54) is 16.7 Å². The highest BCUT2D eigenvalue weighted by molar-refractivity contribution is 7.99. The van der Waals surface area contributed by atoms with Crippen LogP contribution < -0.4 is 5.32 Å². The predicted molar refractivity (Wildman–Crippen MR) is 72.1 cm³/mol. The van der Waals surface area contributed by atoms with Gasteiger partial charge in [-0.1, -0.05) is 6.92 Å². The van der Waals surface area contributed by atoms with Gasteiger partial charge in [0.25, 0.3) is 0 Å². The summed E-state index contributed by atoms with van der Waals surface area (Å²) in [6, 6.07) is -1.10. The van der Waals surface area contributed by atoms with Crippen LogP contribution in [0, 0.1) is 0 Å². The molecule has 2 N–H and O–H groups in total. The highest BCUT2D eigenvalue weighted by atomic mass is 32.2. The number of rotatable bonds is 5. The highest BCUT2D eigenvalue weighted by Gasteiger charge is 2.34. The molecule has 0 spiro atoms. The first-order valence-electron chi connectivity index (χ1n) is 5.60. The summed E-state index contributed by atoms with van der Waals surface area (Å²) in [5.74, 6) is -0.144. The molecule has 1 aliphatic heterocycles. The zero-order valence-corrected chi connectivity index (χ0v) is 12.1. The number of nitrogens with zero attached hydrogens (tertiary/aromatic N) is 1. The third-order valence-corrected chi connectivity index (χ3v) is 5.20. The quantitative estimate of drug-likeness (QED) is 0.762. The van der Waals surface area contributed by atoms with Crippen LogP contribution in [-0.2, 0) is 15.6 Å². The van der Waals surface area contributed by atoms with Crippen LogP contribution >= 0.6 is 11.8 Å². The second-order valence-electron chi connectivity index (χ2n) is 4.15. The lowest BCUT2D eigenvalue weighted by Crippen LogP contribution is -2.47. The highest BCUT2D eigenvalue weighted by Crippen LogP contribution is 2.20. The van der Waals surface area contributed by atoms with Crippen molar-refractivity contribution >= 4 is 34.6 Å². The Morgan fingerprint density at radius 1 is 1.61 bits per heavy atom. The maximum absolute atomic E-state index is 11.8. The third-order valence-electron chi connectivity index (χ3n) is 2.82. The SMILES string of the molecule is CC(CCNC(=O)N1CSC[C@H]1C(=O)O)S(C)=O. The van der Waals surface area contributed by atoms with E-state index in [0.29, 0.717) is 24.6 Å². The van der Waals surface area contributed by atoms with Gasteiger partial charge >= 0.3 is 12.0 Å². The number of thioether (sulfide) groups is 1. The van der Waals surface area contributed by atoms with Crippen molar-refractivity contribution in [2.45, 2.75) is 24.6 Å². The molecule has 8 heteroatoms. The number of hydrogen-bond donors (Lipinski definition) is 2. The van der Waals surface area contributed by atoms with Crippen LogP contribution in [0.1, 0.15) is 13.3 Å². The molecule has 1 fully saturated rings. The lowest BCUT2D eigenvalue weighted by Gasteiger charge is -2.21. The molecule has 1 aliphatic rings. The molecule has 3 atom stereocenters. The Balaban J connectivity index is 2.37. The molecular weight excluding hydrogens is 276 g/mol. The summed E-state index contributed by atoms with van der Waals surface area (Å²) in [7, 11) is -0.904. The van der Waals surface area contributed by atoms with E-state index in [-0.39, 0.29) is 11.3 Å². The van der Waals surface area contributed by atoms with Crippen LogP contribution in [-0.4, -0.2) is 61.9 Å². The normalized spacial score (nSPS) is 22.6. The molecule has 104 valence electrons. The molecule has 2 amide bonds. The fourth-order valence-electron chi connectivity index (χ4n) is 1.50. The summed E-state index contributed by atoms with van der Waals surface area (Å²) >= 11 is 1.43. The average Bonchev–Trinajstić information content (AvgIpc) is 2.77. The maximum atomic E-state index is 11.8. The van der Waals surface area contributed by atoms with Crippen molar-refractivity contribution in [3.8, 4) is 0 Å². The summed E-state index contributed by atoms with van der Waals surface area (Å²) < 4.78 is 11.1. The second kappa shape index (κ2) is 6.98. The molecule has 0 aromatic heterocycles. The van der Waals surface area contributed by atoms with Gasteiger partial charge in [0.2, 0.25) is 0 Å². The zero-order chi connectivity index (χ0) is 13.7. The van der Waals surface area contributed by atoms with E-state index < -0.39 is 22.8 Å². The van der Waals surface area contributed by atoms with Crippen LogP contribution in [0.4, 0.5) is 4.79 Å². The molecule has 1 rings (SSSR count). The van der Waals surface area contributed by atoms with Crippen molar-refractivity contribution in [1.82, 2.24) is 10.2 Å². The van der Waals surface area contributed by atoms with Crippen molar-refractivity contribution in [2.24, 2.45) is 0 Å². The van der Waals surface area contributed by atoms with E-state index in [2.05, 4.69) is 5.32 Å². The minimum absolute atomic E-state index is 0.0218. The topological polar surface area (TPSA) is 86.7 Å². The minimum Gasteiger partial charge on any atom is -0.480 e. The van der Waals surface area contributed by atoms with Gasteiger partial charge in [0, 0.05) is 34.6 Å². The van der Waals surface area contributed by atoms with Gasteiger partial charge in [0.05, 0.1) is 5.88 Å². The Bertz CT molecular complexity index is 351. The molecule has 6 nitrogen and oxygen atoms in total. The van der Waals surface area contributed by atoms with Crippen molar-refractivity contribution in [3.63, 3.8) is 0 Å². The van der Waals surface area contributed by atoms with Gasteiger partial charge in [-0.2, -0.15) is 0 Å². The van der Waals surface area contributed by atoms with Crippen LogP contribution in [0.15, 0.2) is 0 Å². The number of carbonyl (C=O) groups is 2. The number of carbonyl (C=O) groups excluding carboxylic acids is 1. The number of aliphatic carboxylic acids is 1. The second-order valence-corrected chi connectivity index (χ2v) is 6.96. The standard InChI is InChI=1S/C10H18N2O4S2/c1-7(18(2)16)3-4-11-10(15)12-6-17-5-8(12)9(13)14/h7-8H,3-6H2,1-2H3,(H,11,15)(H,13,14)/t7?,8-,18?/m0/s1. The molecule has 2 unspecified atom stereocenters. The fourth-order valence-corrected chi connectivity index (χ4v) is 3.09. The largest absolute Gasteiger partial charge is 0.480 e. The minimum atomic E-state index is -0.974. The first-order chi connectivity index (χ1) is 8.43. The van der Waals surface area contributed by atoms with Gasteiger partial charge in [0.1, 0.15) is 6.04 Å². The van der Waals surface area contributed by atoms with Crippen molar-refractivity contribution in [3.05, 3.63) is 0 Å². The first kappa shape index (κ1) is 15.3. The van der Waals surface area contributed by atoms with Crippen molar-refractivity contribution in [2.75, 3.05) is 24.4 Å². The lowest BCUT2D eigenvalue weighted by atomic mass is 10.3. The van der Waals surface area contributed by atoms with E-state index in [4.69, 9.17) is 5.11 Å². The summed E-state index contributed by atoms with van der Waals surface area (Å²) in [5.41, 5.74) is 0. The van der Waals surface area contributed by atoms with Gasteiger partial charge in [-0.05, 0) is 6.42 Å². The predicted octanol–water partition coefficient (Wildman–Crippen LogP) is 0.313. The van der Waals surface area contributed by atoms with E-state index in [0.717, 1.165) is 0 Å². The Labute approximate surface area is 113 Å². The van der Waals surface area contributed by atoms with E-state index in [1.54, 1.807) is 6.26 Å².